The number of rotatable bonds is 4. The summed E-state index contributed by atoms with van der Waals surface area (Å²) in [5.74, 6) is 0. The van der Waals surface area contributed by atoms with Crippen molar-refractivity contribution in [1.82, 2.24) is 15.1 Å². The molecular formula is C14H29N3. The molecule has 2 rings (SSSR count). The van der Waals surface area contributed by atoms with E-state index in [-0.39, 0.29) is 0 Å². The lowest BCUT2D eigenvalue weighted by atomic mass is 10.2. The Hall–Kier alpha value is -0.120. The van der Waals surface area contributed by atoms with Crippen molar-refractivity contribution in [2.75, 3.05) is 39.8 Å². The van der Waals surface area contributed by atoms with E-state index in [2.05, 4.69) is 29.1 Å². The molecule has 0 radical (unpaired) electrons. The topological polar surface area (TPSA) is 18.5 Å². The van der Waals surface area contributed by atoms with E-state index >= 15 is 0 Å². The SMILES string of the molecule is CC(CNC1CCCC1)N1CCCN(C)CC1. The van der Waals surface area contributed by atoms with Gasteiger partial charge in [0.05, 0.1) is 0 Å². The van der Waals surface area contributed by atoms with Gasteiger partial charge in [-0.2, -0.15) is 0 Å². The predicted molar refractivity (Wildman–Crippen MR) is 73.4 cm³/mol. The van der Waals surface area contributed by atoms with E-state index in [1.807, 2.05) is 0 Å². The van der Waals surface area contributed by atoms with Crippen molar-refractivity contribution >= 4 is 0 Å². The fourth-order valence-electron chi connectivity index (χ4n) is 3.10. The van der Waals surface area contributed by atoms with Crippen molar-refractivity contribution in [2.24, 2.45) is 0 Å². The van der Waals surface area contributed by atoms with Crippen LogP contribution >= 0.6 is 0 Å². The summed E-state index contributed by atoms with van der Waals surface area (Å²) in [7, 11) is 2.24. The normalized spacial score (nSPS) is 27.2. The molecule has 1 aliphatic heterocycles. The lowest BCUT2D eigenvalue weighted by Gasteiger charge is -2.29. The molecule has 0 amide bonds. The maximum absolute atomic E-state index is 3.75. The van der Waals surface area contributed by atoms with Crippen molar-refractivity contribution < 1.29 is 0 Å². The van der Waals surface area contributed by atoms with Crippen LogP contribution in [0.25, 0.3) is 0 Å². The first-order valence-corrected chi connectivity index (χ1v) is 7.41. The van der Waals surface area contributed by atoms with Crippen molar-refractivity contribution in [3.05, 3.63) is 0 Å². The van der Waals surface area contributed by atoms with Gasteiger partial charge in [0.15, 0.2) is 0 Å². The number of hydrogen-bond donors (Lipinski definition) is 1. The van der Waals surface area contributed by atoms with Gasteiger partial charge in [0.2, 0.25) is 0 Å². The molecule has 1 N–H and O–H groups in total. The first-order chi connectivity index (χ1) is 8.25. The Morgan fingerprint density at radius 2 is 1.82 bits per heavy atom. The number of nitrogens with zero attached hydrogens (tertiary/aromatic N) is 2. The highest BCUT2D eigenvalue weighted by atomic mass is 15.2. The summed E-state index contributed by atoms with van der Waals surface area (Å²) in [6.07, 6.45) is 6.98. The van der Waals surface area contributed by atoms with Crippen LogP contribution in [0, 0.1) is 0 Å². The zero-order valence-corrected chi connectivity index (χ0v) is 11.6. The maximum atomic E-state index is 3.75. The van der Waals surface area contributed by atoms with Gasteiger partial charge in [-0.1, -0.05) is 12.8 Å². The van der Waals surface area contributed by atoms with Crippen LogP contribution in [0.5, 0.6) is 0 Å². The van der Waals surface area contributed by atoms with Gasteiger partial charge in [0, 0.05) is 31.7 Å². The minimum atomic E-state index is 0.696. The minimum absolute atomic E-state index is 0.696. The molecule has 0 aromatic heterocycles. The van der Waals surface area contributed by atoms with Gasteiger partial charge >= 0.3 is 0 Å². The van der Waals surface area contributed by atoms with Crippen LogP contribution < -0.4 is 5.32 Å². The van der Waals surface area contributed by atoms with E-state index in [1.54, 1.807) is 0 Å². The van der Waals surface area contributed by atoms with E-state index < -0.39 is 0 Å². The van der Waals surface area contributed by atoms with Crippen LogP contribution in [-0.4, -0.2) is 61.7 Å². The maximum Gasteiger partial charge on any atom is 0.0193 e. The summed E-state index contributed by atoms with van der Waals surface area (Å²) in [6.45, 7) is 8.57. The van der Waals surface area contributed by atoms with E-state index in [4.69, 9.17) is 0 Å². The predicted octanol–water partition coefficient (Wildman–Crippen LogP) is 1.54. The number of nitrogens with one attached hydrogen (secondary N) is 1. The second kappa shape index (κ2) is 6.72. The molecule has 2 aliphatic rings. The molecule has 1 atom stereocenters. The van der Waals surface area contributed by atoms with Crippen molar-refractivity contribution in [2.45, 2.75) is 51.1 Å². The molecule has 0 aromatic rings. The van der Waals surface area contributed by atoms with Gasteiger partial charge < -0.3 is 10.2 Å². The van der Waals surface area contributed by atoms with Gasteiger partial charge in [-0.05, 0) is 46.3 Å². The standard InChI is InChI=1S/C14H29N3/c1-13(12-15-14-6-3-4-7-14)17-9-5-8-16(2)10-11-17/h13-15H,3-12H2,1-2H3. The van der Waals surface area contributed by atoms with Crippen LogP contribution in [0.2, 0.25) is 0 Å². The average molecular weight is 239 g/mol. The molecular weight excluding hydrogens is 210 g/mol. The zero-order valence-electron chi connectivity index (χ0n) is 11.6. The summed E-state index contributed by atoms with van der Waals surface area (Å²) >= 11 is 0. The highest BCUT2D eigenvalue weighted by molar-refractivity contribution is 4.79. The second-order valence-electron chi connectivity index (χ2n) is 5.93. The van der Waals surface area contributed by atoms with Gasteiger partial charge in [-0.25, -0.2) is 0 Å². The van der Waals surface area contributed by atoms with Gasteiger partial charge in [0.25, 0.3) is 0 Å². The van der Waals surface area contributed by atoms with Crippen LogP contribution in [0.4, 0.5) is 0 Å². The quantitative estimate of drug-likeness (QED) is 0.803. The molecule has 1 saturated heterocycles. The van der Waals surface area contributed by atoms with Crippen molar-refractivity contribution in [1.29, 1.82) is 0 Å². The largest absolute Gasteiger partial charge is 0.312 e. The summed E-state index contributed by atoms with van der Waals surface area (Å²) in [5.41, 5.74) is 0. The summed E-state index contributed by atoms with van der Waals surface area (Å²) in [5, 5.41) is 3.75. The van der Waals surface area contributed by atoms with Crippen LogP contribution in [0.1, 0.15) is 39.0 Å². The molecule has 3 nitrogen and oxygen atoms in total. The first-order valence-electron chi connectivity index (χ1n) is 7.41. The minimum Gasteiger partial charge on any atom is -0.312 e. The first kappa shape index (κ1) is 13.3. The fraction of sp³-hybridized carbons (Fsp3) is 1.00. The summed E-state index contributed by atoms with van der Waals surface area (Å²) in [6, 6.07) is 1.51. The van der Waals surface area contributed by atoms with Crippen molar-refractivity contribution in [3.63, 3.8) is 0 Å². The van der Waals surface area contributed by atoms with Crippen LogP contribution in [0.15, 0.2) is 0 Å². The molecule has 1 aliphatic carbocycles. The lowest BCUT2D eigenvalue weighted by molar-refractivity contribution is 0.206. The highest BCUT2D eigenvalue weighted by Crippen LogP contribution is 2.17. The third-order valence-electron chi connectivity index (χ3n) is 4.43. The number of hydrogen-bond acceptors (Lipinski definition) is 3. The lowest BCUT2D eigenvalue weighted by Crippen LogP contribution is -2.44. The molecule has 0 spiro atoms. The van der Waals surface area contributed by atoms with Crippen LogP contribution in [0.3, 0.4) is 0 Å². The molecule has 1 saturated carbocycles. The molecule has 2 fully saturated rings. The Morgan fingerprint density at radius 1 is 1.06 bits per heavy atom. The molecule has 3 heteroatoms. The fourth-order valence-corrected chi connectivity index (χ4v) is 3.10. The number of likely N-dealkylation sites (N-methyl/N-ethyl adjacent to an activating group) is 1. The summed E-state index contributed by atoms with van der Waals surface area (Å²) in [4.78, 5) is 5.11. The second-order valence-corrected chi connectivity index (χ2v) is 5.93. The monoisotopic (exact) mass is 239 g/mol. The van der Waals surface area contributed by atoms with Crippen molar-refractivity contribution in [3.8, 4) is 0 Å². The summed E-state index contributed by atoms with van der Waals surface area (Å²) < 4.78 is 0. The van der Waals surface area contributed by atoms with Gasteiger partial charge in [-0.15, -0.1) is 0 Å². The average Bonchev–Trinajstić information content (AvgIpc) is 2.74. The molecule has 100 valence electrons. The Labute approximate surface area is 107 Å². The molecule has 1 heterocycles. The third-order valence-corrected chi connectivity index (χ3v) is 4.43. The van der Waals surface area contributed by atoms with E-state index in [0.29, 0.717) is 6.04 Å². The third kappa shape index (κ3) is 4.23. The molecule has 17 heavy (non-hydrogen) atoms. The Bertz CT molecular complexity index is 214. The highest BCUT2D eigenvalue weighted by Gasteiger charge is 2.19. The molecule has 1 unspecified atom stereocenters. The zero-order chi connectivity index (χ0) is 12.1. The Balaban J connectivity index is 1.68. The smallest absolute Gasteiger partial charge is 0.0193 e. The Morgan fingerprint density at radius 3 is 2.59 bits per heavy atom. The van der Waals surface area contributed by atoms with Gasteiger partial charge in [0.1, 0.15) is 0 Å². The van der Waals surface area contributed by atoms with E-state index in [9.17, 15) is 0 Å². The van der Waals surface area contributed by atoms with Crippen LogP contribution in [-0.2, 0) is 0 Å². The molecule has 0 aromatic carbocycles. The molecule has 0 bridgehead atoms. The van der Waals surface area contributed by atoms with E-state index in [0.717, 1.165) is 6.04 Å². The van der Waals surface area contributed by atoms with E-state index in [1.165, 1.54) is 64.8 Å². The Kier molecular flexibility index (Phi) is 5.26. The van der Waals surface area contributed by atoms with Gasteiger partial charge in [-0.3, -0.25) is 4.90 Å².